The minimum atomic E-state index is -6.09. The van der Waals surface area contributed by atoms with Crippen molar-refractivity contribution in [3.05, 3.63) is 85.2 Å². The fraction of sp³-hybridized carbons (Fsp3) is 0.111. The fourth-order valence-corrected chi connectivity index (χ4v) is 10.1. The molecule has 2 aromatic carbocycles. The van der Waals surface area contributed by atoms with E-state index < -0.39 is 31.3 Å². The highest BCUT2D eigenvalue weighted by Crippen LogP contribution is 2.21. The quantitative estimate of drug-likeness (QED) is 0.136. The van der Waals surface area contributed by atoms with Gasteiger partial charge < -0.3 is 9.11 Å². The van der Waals surface area contributed by atoms with Gasteiger partial charge in [0.2, 0.25) is 0 Å². The zero-order valence-electron chi connectivity index (χ0n) is 17.2. The molecule has 0 saturated carbocycles. The van der Waals surface area contributed by atoms with E-state index in [0.717, 1.165) is 0 Å². The van der Waals surface area contributed by atoms with Crippen molar-refractivity contribution in [1.29, 1.82) is 0 Å². The third-order valence-electron chi connectivity index (χ3n) is 3.12. The molecule has 1 heterocycles. The van der Waals surface area contributed by atoms with Gasteiger partial charge in [-0.1, -0.05) is 0 Å². The van der Waals surface area contributed by atoms with Gasteiger partial charge >= 0.3 is 53.4 Å². The zero-order chi connectivity index (χ0) is 28.7. The van der Waals surface area contributed by atoms with Crippen LogP contribution in [0.2, 0.25) is 0 Å². The van der Waals surface area contributed by atoms with E-state index in [-0.39, 0.29) is 54.0 Å². The topological polar surface area (TPSA) is 114 Å². The lowest BCUT2D eigenvalue weighted by Crippen LogP contribution is -3.62. The van der Waals surface area contributed by atoms with E-state index in [0.29, 0.717) is 0 Å². The predicted octanol–water partition coefficient (Wildman–Crippen LogP) is -1.61. The first-order valence-corrected chi connectivity index (χ1v) is 16.6. The first kappa shape index (κ1) is 33.9. The van der Waals surface area contributed by atoms with Gasteiger partial charge in [-0.2, -0.15) is 26.3 Å². The molecule has 0 radical (unpaired) electrons. The molecule has 0 saturated heterocycles. The summed E-state index contributed by atoms with van der Waals surface area (Å²) < 4.78 is 149. The molecule has 0 aliphatic rings. The van der Waals surface area contributed by atoms with Crippen LogP contribution in [0, 0.1) is 24.5 Å². The molecule has 37 heavy (non-hydrogen) atoms. The van der Waals surface area contributed by atoms with Crippen LogP contribution < -0.4 is 42.4 Å². The van der Waals surface area contributed by atoms with Crippen LogP contribution in [0.3, 0.4) is 0 Å². The van der Waals surface area contributed by atoms with Gasteiger partial charge in [-0.05, 0) is 59.9 Å². The lowest BCUT2D eigenvalue weighted by Gasteiger charge is -2.08. The Labute approximate surface area is 229 Å². The van der Waals surface area contributed by atoms with Crippen molar-refractivity contribution >= 4 is 31.6 Å². The van der Waals surface area contributed by atoms with Crippen LogP contribution in [0.1, 0.15) is 0 Å². The number of benzene rings is 2. The molecular weight excluding hydrogens is 814 g/mol. The highest BCUT2D eigenvalue weighted by atomic mass is 127. The Morgan fingerprint density at radius 1 is 0.568 bits per heavy atom. The van der Waals surface area contributed by atoms with Gasteiger partial charge in [0.25, 0.3) is 5.77 Å². The van der Waals surface area contributed by atoms with E-state index in [4.69, 9.17) is 25.9 Å². The third-order valence-corrected chi connectivity index (χ3v) is 11.7. The van der Waals surface area contributed by atoms with Crippen molar-refractivity contribution in [3.63, 3.8) is 0 Å². The van der Waals surface area contributed by atoms with Crippen molar-refractivity contribution in [1.82, 2.24) is 0 Å². The summed E-state index contributed by atoms with van der Waals surface area (Å²) in [5.74, 6) is -0.367. The Balaban J connectivity index is 0.000000355. The largest absolute Gasteiger partial charge is 0.741 e. The maximum Gasteiger partial charge on any atom is 0.485 e. The summed E-state index contributed by atoms with van der Waals surface area (Å²) in [5.41, 5.74) is -11.3. The van der Waals surface area contributed by atoms with Gasteiger partial charge in [-0.3, -0.25) is 0 Å². The van der Waals surface area contributed by atoms with E-state index in [1.54, 1.807) is 0 Å². The van der Waals surface area contributed by atoms with E-state index in [1.807, 2.05) is 35.6 Å². The van der Waals surface area contributed by atoms with Gasteiger partial charge in [0.05, 0.1) is 0 Å². The number of thiophene rings is 1. The summed E-state index contributed by atoms with van der Waals surface area (Å²) in [6.07, 6.45) is 0. The zero-order valence-corrected chi connectivity index (χ0v) is 24.0. The molecule has 0 aliphatic carbocycles. The lowest BCUT2D eigenvalue weighted by atomic mass is 10.4. The normalized spacial score (nSPS) is 12.2. The van der Waals surface area contributed by atoms with Crippen molar-refractivity contribution in [2.45, 2.75) is 11.0 Å². The first-order chi connectivity index (χ1) is 16.7. The molecule has 3 rings (SSSR count). The number of alkyl halides is 6. The van der Waals surface area contributed by atoms with Gasteiger partial charge in [0.15, 0.2) is 27.4 Å². The molecule has 3 aromatic rings. The maximum atomic E-state index is 12.9. The Morgan fingerprint density at radius 3 is 1.03 bits per heavy atom. The van der Waals surface area contributed by atoms with E-state index in [2.05, 4.69) is 12.1 Å². The number of hydrogen-bond donors (Lipinski definition) is 0. The number of rotatable bonds is 4. The van der Waals surface area contributed by atoms with E-state index in [9.17, 15) is 35.1 Å². The minimum Gasteiger partial charge on any atom is -0.741 e. The highest BCUT2D eigenvalue weighted by molar-refractivity contribution is 7.86. The average Bonchev–Trinajstić information content (AvgIpc) is 3.16. The summed E-state index contributed by atoms with van der Waals surface area (Å²) >= 11 is 1.37. The number of hydrogen-bond acceptors (Lipinski definition) is 7. The Hall–Kier alpha value is -1.14. The summed E-state index contributed by atoms with van der Waals surface area (Å²) in [6.45, 7) is 0. The van der Waals surface area contributed by atoms with Crippen molar-refractivity contribution in [2.75, 3.05) is 0 Å². The fourth-order valence-electron chi connectivity index (χ4n) is 1.59. The molecule has 0 spiro atoms. The number of halogens is 10. The standard InChI is InChI=1S/C16H10F2I2S.2CHF3O3S/c17-11-1-5-13(6-2-11)19-15-9-10-16(21-15)20-14-7-3-12(18)4-8-14;2*2-1(3,4)8(5,6)7/h1-10H;2*(H,5,6,7)/q+2;;/p-2. The molecule has 0 amide bonds. The molecule has 0 N–H and O–H groups in total. The van der Waals surface area contributed by atoms with Crippen molar-refractivity contribution < 1.29 is 103 Å². The molecule has 1 aromatic heterocycles. The molecule has 19 heteroatoms. The minimum absolute atomic E-state index is 0.184. The van der Waals surface area contributed by atoms with Crippen LogP contribution in [0.15, 0.2) is 60.7 Å². The van der Waals surface area contributed by atoms with Gasteiger partial charge in [0, 0.05) is 12.1 Å². The first-order valence-electron chi connectivity index (χ1n) is 8.64. The van der Waals surface area contributed by atoms with E-state index in [1.165, 1.54) is 37.2 Å². The van der Waals surface area contributed by atoms with Crippen LogP contribution >= 0.6 is 11.3 Å². The Kier molecular flexibility index (Phi) is 12.6. The second-order valence-electron chi connectivity index (χ2n) is 5.91. The second-order valence-corrected chi connectivity index (χ2v) is 17.1. The predicted molar refractivity (Wildman–Crippen MR) is 103 cm³/mol. The Bertz CT molecular complexity index is 1250. The molecule has 0 fully saturated rings. The average molecular weight is 824 g/mol. The monoisotopic (exact) mass is 824 g/mol. The van der Waals surface area contributed by atoms with Crippen molar-refractivity contribution in [2.24, 2.45) is 0 Å². The van der Waals surface area contributed by atoms with Crippen molar-refractivity contribution in [3.8, 4) is 0 Å². The molecular formula is C18H10F8I2O6S3. The maximum absolute atomic E-state index is 12.9. The summed E-state index contributed by atoms with van der Waals surface area (Å²) in [6, 6.07) is 17.9. The van der Waals surface area contributed by atoms with E-state index >= 15 is 0 Å². The SMILES string of the molecule is Fc1ccc([I+]c2ccc([I+]c3ccc(F)cc3)s2)cc1.O=S(=O)([O-])C(F)(F)F.O=S(=O)([O-])C(F)(F)F. The molecule has 0 atom stereocenters. The lowest BCUT2D eigenvalue weighted by molar-refractivity contribution is -0.595. The highest BCUT2D eigenvalue weighted by Gasteiger charge is 2.37. The smallest absolute Gasteiger partial charge is 0.485 e. The van der Waals surface area contributed by atoms with Crippen LogP contribution in [-0.4, -0.2) is 37.0 Å². The molecule has 0 unspecified atom stereocenters. The van der Waals surface area contributed by atoms with Gasteiger partial charge in [0.1, 0.15) is 11.6 Å². The molecule has 6 nitrogen and oxygen atoms in total. The van der Waals surface area contributed by atoms with Gasteiger partial charge in [-0.15, -0.1) is 0 Å². The van der Waals surface area contributed by atoms with Crippen LogP contribution in [-0.2, 0) is 20.2 Å². The van der Waals surface area contributed by atoms with Crippen LogP contribution in [0.4, 0.5) is 35.1 Å². The summed E-state index contributed by atoms with van der Waals surface area (Å²) in [5, 5.41) is 0. The molecule has 0 bridgehead atoms. The second kappa shape index (κ2) is 13.8. The molecule has 206 valence electrons. The summed E-state index contributed by atoms with van der Waals surface area (Å²) in [4.78, 5) is 0. The molecule has 0 aliphatic heterocycles. The van der Waals surface area contributed by atoms with Crippen LogP contribution in [0.25, 0.3) is 0 Å². The Morgan fingerprint density at radius 2 is 0.811 bits per heavy atom. The van der Waals surface area contributed by atoms with Gasteiger partial charge in [-0.25, -0.2) is 25.6 Å². The van der Waals surface area contributed by atoms with Crippen LogP contribution in [0.5, 0.6) is 0 Å². The summed E-state index contributed by atoms with van der Waals surface area (Å²) in [7, 11) is -12.2. The third kappa shape index (κ3) is 13.0.